The van der Waals surface area contributed by atoms with Crippen molar-refractivity contribution in [1.82, 2.24) is 14.7 Å². The van der Waals surface area contributed by atoms with Crippen LogP contribution >= 0.6 is 0 Å². The van der Waals surface area contributed by atoms with E-state index in [9.17, 15) is 9.90 Å². The predicted octanol–water partition coefficient (Wildman–Crippen LogP) is 2.28. The van der Waals surface area contributed by atoms with E-state index in [0.29, 0.717) is 24.7 Å². The van der Waals surface area contributed by atoms with E-state index in [1.54, 1.807) is 4.68 Å². The van der Waals surface area contributed by atoms with E-state index >= 15 is 0 Å². The van der Waals surface area contributed by atoms with Crippen LogP contribution in [0.1, 0.15) is 44.2 Å². The molecule has 2 N–H and O–H groups in total. The Morgan fingerprint density at radius 2 is 2.09 bits per heavy atom. The lowest BCUT2D eigenvalue weighted by Gasteiger charge is -2.33. The normalized spacial score (nSPS) is 26.4. The summed E-state index contributed by atoms with van der Waals surface area (Å²) in [5.41, 5.74) is 0.878. The lowest BCUT2D eigenvalue weighted by Crippen LogP contribution is -2.43. The van der Waals surface area contributed by atoms with Gasteiger partial charge < -0.3 is 10.0 Å². The third-order valence-corrected chi connectivity index (χ3v) is 5.01. The molecule has 2 aliphatic rings. The molecule has 0 spiro atoms. The number of aryl methyl sites for hydroxylation is 2. The quantitative estimate of drug-likeness (QED) is 0.880. The Morgan fingerprint density at radius 1 is 1.36 bits per heavy atom. The summed E-state index contributed by atoms with van der Waals surface area (Å²) in [6.07, 6.45) is 6.44. The molecule has 2 fully saturated rings. The van der Waals surface area contributed by atoms with Crippen LogP contribution in [0, 0.1) is 12.8 Å². The minimum absolute atomic E-state index is 0.116. The van der Waals surface area contributed by atoms with Gasteiger partial charge in [-0.1, -0.05) is 19.3 Å². The van der Waals surface area contributed by atoms with Crippen LogP contribution in [0.4, 0.5) is 10.6 Å². The van der Waals surface area contributed by atoms with Crippen LogP contribution in [-0.4, -0.2) is 44.5 Å². The summed E-state index contributed by atoms with van der Waals surface area (Å²) in [6, 6.07) is 1.92. The monoisotopic (exact) mass is 306 g/mol. The van der Waals surface area contributed by atoms with E-state index in [4.69, 9.17) is 0 Å². The maximum absolute atomic E-state index is 12.6. The number of rotatable bonds is 2. The summed E-state index contributed by atoms with van der Waals surface area (Å²) < 4.78 is 1.68. The Bertz CT molecular complexity index is 536. The summed E-state index contributed by atoms with van der Waals surface area (Å²) in [5, 5.41) is 17.2. The van der Waals surface area contributed by atoms with Gasteiger partial charge in [-0.05, 0) is 32.1 Å². The highest BCUT2D eigenvalue weighted by atomic mass is 16.3. The first kappa shape index (κ1) is 15.3. The molecule has 122 valence electrons. The molecule has 1 saturated carbocycles. The lowest BCUT2D eigenvalue weighted by atomic mass is 9.83. The van der Waals surface area contributed by atoms with Gasteiger partial charge in [0, 0.05) is 25.7 Å². The second kappa shape index (κ2) is 6.28. The van der Waals surface area contributed by atoms with Crippen LogP contribution < -0.4 is 5.32 Å². The van der Waals surface area contributed by atoms with E-state index in [0.717, 1.165) is 5.69 Å². The number of carbonyl (C=O) groups is 1. The van der Waals surface area contributed by atoms with Crippen molar-refractivity contribution in [1.29, 1.82) is 0 Å². The number of aliphatic hydroxyl groups is 1. The number of amides is 2. The molecule has 1 aromatic heterocycles. The maximum Gasteiger partial charge on any atom is 0.323 e. The zero-order valence-electron chi connectivity index (χ0n) is 13.5. The van der Waals surface area contributed by atoms with Crippen molar-refractivity contribution < 1.29 is 9.90 Å². The van der Waals surface area contributed by atoms with Crippen molar-refractivity contribution in [2.45, 2.75) is 57.6 Å². The number of anilines is 1. The Balaban J connectivity index is 1.70. The summed E-state index contributed by atoms with van der Waals surface area (Å²) in [6.45, 7) is 2.34. The fourth-order valence-corrected chi connectivity index (χ4v) is 3.95. The number of nitrogens with one attached hydrogen (secondary N) is 1. The Kier molecular flexibility index (Phi) is 4.38. The van der Waals surface area contributed by atoms with Gasteiger partial charge in [-0.2, -0.15) is 5.10 Å². The van der Waals surface area contributed by atoms with Crippen LogP contribution in [0.5, 0.6) is 0 Å². The average Bonchev–Trinajstić information content (AvgIpc) is 3.03. The maximum atomic E-state index is 12.6. The van der Waals surface area contributed by atoms with Crippen LogP contribution in [0.15, 0.2) is 6.07 Å². The van der Waals surface area contributed by atoms with Crippen molar-refractivity contribution in [2.24, 2.45) is 13.0 Å². The number of β-amino-alcohol motifs (C(OH)–C–C–N with tert-alkyl or cyclic N) is 1. The molecule has 2 heterocycles. The van der Waals surface area contributed by atoms with E-state index in [1.807, 2.05) is 24.9 Å². The van der Waals surface area contributed by atoms with Crippen LogP contribution in [-0.2, 0) is 7.05 Å². The largest absolute Gasteiger partial charge is 0.391 e. The van der Waals surface area contributed by atoms with E-state index < -0.39 is 6.10 Å². The van der Waals surface area contributed by atoms with Crippen LogP contribution in [0.3, 0.4) is 0 Å². The molecule has 1 aliphatic heterocycles. The predicted molar refractivity (Wildman–Crippen MR) is 84.7 cm³/mol. The van der Waals surface area contributed by atoms with Gasteiger partial charge in [-0.15, -0.1) is 0 Å². The third-order valence-electron chi connectivity index (χ3n) is 5.01. The number of hydrogen-bond acceptors (Lipinski definition) is 3. The standard InChI is InChI=1S/C16H26N4O2/c1-11-8-15(19(2)18-11)17-16(22)20-10-13(21)9-14(20)12-6-4-3-5-7-12/h8,12-14,21H,3-7,9-10H2,1-2H3,(H,17,22). The zero-order valence-corrected chi connectivity index (χ0v) is 13.5. The molecule has 2 atom stereocenters. The number of carbonyl (C=O) groups excluding carboxylic acids is 1. The molecule has 6 heteroatoms. The molecule has 0 bridgehead atoms. The smallest absolute Gasteiger partial charge is 0.323 e. The van der Waals surface area contributed by atoms with E-state index in [-0.39, 0.29) is 12.1 Å². The van der Waals surface area contributed by atoms with Gasteiger partial charge in [0.15, 0.2) is 0 Å². The van der Waals surface area contributed by atoms with Gasteiger partial charge in [0.2, 0.25) is 0 Å². The number of likely N-dealkylation sites (tertiary alicyclic amines) is 1. The molecule has 1 aromatic rings. The van der Waals surface area contributed by atoms with Gasteiger partial charge in [0.05, 0.1) is 11.8 Å². The highest BCUT2D eigenvalue weighted by Gasteiger charge is 2.39. The minimum atomic E-state index is -0.397. The molecule has 1 aliphatic carbocycles. The molecule has 2 amide bonds. The van der Waals surface area contributed by atoms with E-state index in [2.05, 4.69) is 10.4 Å². The highest BCUT2D eigenvalue weighted by Crippen LogP contribution is 2.34. The number of aromatic nitrogens is 2. The number of aliphatic hydroxyl groups excluding tert-OH is 1. The Morgan fingerprint density at radius 3 is 2.73 bits per heavy atom. The average molecular weight is 306 g/mol. The lowest BCUT2D eigenvalue weighted by molar-refractivity contribution is 0.164. The van der Waals surface area contributed by atoms with Crippen LogP contribution in [0.2, 0.25) is 0 Å². The molecule has 2 unspecified atom stereocenters. The molecular weight excluding hydrogens is 280 g/mol. The second-order valence-corrected chi connectivity index (χ2v) is 6.73. The third kappa shape index (κ3) is 3.11. The fraction of sp³-hybridized carbons (Fsp3) is 0.750. The van der Waals surface area contributed by atoms with Gasteiger partial charge in [0.1, 0.15) is 5.82 Å². The summed E-state index contributed by atoms with van der Waals surface area (Å²) in [7, 11) is 1.82. The second-order valence-electron chi connectivity index (χ2n) is 6.73. The van der Waals surface area contributed by atoms with Crippen LogP contribution in [0.25, 0.3) is 0 Å². The van der Waals surface area contributed by atoms with Crippen molar-refractivity contribution in [3.8, 4) is 0 Å². The molecular formula is C16H26N4O2. The summed E-state index contributed by atoms with van der Waals surface area (Å²) in [4.78, 5) is 14.5. The number of nitrogens with zero attached hydrogens (tertiary/aromatic N) is 3. The Hall–Kier alpha value is -1.56. The first-order chi connectivity index (χ1) is 10.5. The summed E-state index contributed by atoms with van der Waals surface area (Å²) in [5.74, 6) is 1.23. The molecule has 0 radical (unpaired) electrons. The van der Waals surface area contributed by atoms with Crippen molar-refractivity contribution in [3.05, 3.63) is 11.8 Å². The van der Waals surface area contributed by atoms with Crippen molar-refractivity contribution in [3.63, 3.8) is 0 Å². The van der Waals surface area contributed by atoms with Gasteiger partial charge in [-0.3, -0.25) is 10.00 Å². The fourth-order valence-electron chi connectivity index (χ4n) is 3.95. The van der Waals surface area contributed by atoms with E-state index in [1.165, 1.54) is 32.1 Å². The van der Waals surface area contributed by atoms with Gasteiger partial charge in [-0.25, -0.2) is 4.79 Å². The van der Waals surface area contributed by atoms with Gasteiger partial charge >= 0.3 is 6.03 Å². The number of hydrogen-bond donors (Lipinski definition) is 2. The van der Waals surface area contributed by atoms with Crippen molar-refractivity contribution in [2.75, 3.05) is 11.9 Å². The Labute approximate surface area is 131 Å². The molecule has 22 heavy (non-hydrogen) atoms. The zero-order chi connectivity index (χ0) is 15.7. The molecule has 0 aromatic carbocycles. The summed E-state index contributed by atoms with van der Waals surface area (Å²) >= 11 is 0. The topological polar surface area (TPSA) is 70.4 Å². The SMILES string of the molecule is Cc1cc(NC(=O)N2CC(O)CC2C2CCCCC2)n(C)n1. The highest BCUT2D eigenvalue weighted by molar-refractivity contribution is 5.89. The molecule has 6 nitrogen and oxygen atoms in total. The first-order valence-corrected chi connectivity index (χ1v) is 8.31. The first-order valence-electron chi connectivity index (χ1n) is 8.31. The number of urea groups is 1. The van der Waals surface area contributed by atoms with Gasteiger partial charge in [0.25, 0.3) is 0 Å². The minimum Gasteiger partial charge on any atom is -0.391 e. The molecule has 1 saturated heterocycles. The van der Waals surface area contributed by atoms with Crippen molar-refractivity contribution >= 4 is 11.8 Å². The molecule has 3 rings (SSSR count).